The summed E-state index contributed by atoms with van der Waals surface area (Å²) in [7, 11) is 0. The van der Waals surface area contributed by atoms with E-state index in [1.807, 2.05) is 32.9 Å². The molecule has 0 saturated carbocycles. The molecule has 1 N–H and O–H groups in total. The van der Waals surface area contributed by atoms with Crippen LogP contribution in [0.3, 0.4) is 0 Å². The Balaban J connectivity index is 2.09. The van der Waals surface area contributed by atoms with Crippen LogP contribution in [-0.4, -0.2) is 27.5 Å². The van der Waals surface area contributed by atoms with E-state index >= 15 is 0 Å². The summed E-state index contributed by atoms with van der Waals surface area (Å²) in [5.41, 5.74) is 2.80. The summed E-state index contributed by atoms with van der Waals surface area (Å²) in [4.78, 5) is 24.4. The number of amides is 1. The van der Waals surface area contributed by atoms with Crippen LogP contribution in [-0.2, 0) is 6.54 Å². The van der Waals surface area contributed by atoms with E-state index in [2.05, 4.69) is 20.3 Å². The number of rotatable bonds is 5. The lowest BCUT2D eigenvalue weighted by Gasteiger charge is -2.10. The van der Waals surface area contributed by atoms with Crippen LogP contribution < -0.4 is 10.1 Å². The van der Waals surface area contributed by atoms with Crippen molar-refractivity contribution in [3.63, 3.8) is 0 Å². The van der Waals surface area contributed by atoms with Crippen LogP contribution in [0.5, 0.6) is 5.88 Å². The summed E-state index contributed by atoms with van der Waals surface area (Å²) in [6, 6.07) is 3.68. The monoisotopic (exact) mass is 286 g/mol. The maximum atomic E-state index is 12.2. The number of hydrogen-bond acceptors (Lipinski definition) is 5. The van der Waals surface area contributed by atoms with Crippen LogP contribution in [0, 0.1) is 13.8 Å². The van der Waals surface area contributed by atoms with E-state index in [0.29, 0.717) is 24.7 Å². The highest BCUT2D eigenvalue weighted by atomic mass is 16.5. The van der Waals surface area contributed by atoms with Crippen LogP contribution in [0.15, 0.2) is 24.7 Å². The highest BCUT2D eigenvalue weighted by Gasteiger charge is 2.13. The van der Waals surface area contributed by atoms with Crippen LogP contribution in [0.25, 0.3) is 0 Å². The molecule has 21 heavy (non-hydrogen) atoms. The Morgan fingerprint density at radius 3 is 2.86 bits per heavy atom. The van der Waals surface area contributed by atoms with Crippen molar-refractivity contribution in [2.75, 3.05) is 6.61 Å². The molecule has 0 aliphatic carbocycles. The summed E-state index contributed by atoms with van der Waals surface area (Å²) < 4.78 is 5.43. The van der Waals surface area contributed by atoms with Gasteiger partial charge in [-0.3, -0.25) is 4.79 Å². The van der Waals surface area contributed by atoms with E-state index in [1.54, 1.807) is 6.20 Å². The molecule has 0 saturated heterocycles. The van der Waals surface area contributed by atoms with Gasteiger partial charge in [-0.25, -0.2) is 15.0 Å². The van der Waals surface area contributed by atoms with Gasteiger partial charge in [-0.1, -0.05) is 6.07 Å². The first-order valence-corrected chi connectivity index (χ1v) is 6.76. The smallest absolute Gasteiger partial charge is 0.270 e. The highest BCUT2D eigenvalue weighted by Crippen LogP contribution is 2.14. The molecule has 0 bridgehead atoms. The number of nitrogens with zero attached hydrogens (tertiary/aromatic N) is 3. The maximum absolute atomic E-state index is 12.2. The average Bonchev–Trinajstić information content (AvgIpc) is 2.49. The third-order valence-corrected chi connectivity index (χ3v) is 3.12. The molecule has 0 aliphatic heterocycles. The minimum Gasteiger partial charge on any atom is -0.478 e. The SMILES string of the molecule is CCOc1ncccc1CNC(=O)c1ncnc(C)c1C. The molecule has 6 nitrogen and oxygen atoms in total. The highest BCUT2D eigenvalue weighted by molar-refractivity contribution is 5.93. The topological polar surface area (TPSA) is 77.0 Å². The molecule has 2 heterocycles. The van der Waals surface area contributed by atoms with E-state index in [4.69, 9.17) is 4.74 Å². The Labute approximate surface area is 123 Å². The van der Waals surface area contributed by atoms with Gasteiger partial charge >= 0.3 is 0 Å². The van der Waals surface area contributed by atoms with Gasteiger partial charge in [0.05, 0.1) is 6.61 Å². The van der Waals surface area contributed by atoms with Crippen molar-refractivity contribution in [2.24, 2.45) is 0 Å². The number of aryl methyl sites for hydroxylation is 1. The zero-order chi connectivity index (χ0) is 15.2. The first kappa shape index (κ1) is 14.9. The third-order valence-electron chi connectivity index (χ3n) is 3.12. The summed E-state index contributed by atoms with van der Waals surface area (Å²) >= 11 is 0. The Kier molecular flexibility index (Phi) is 4.81. The van der Waals surface area contributed by atoms with Crippen molar-refractivity contribution in [3.8, 4) is 5.88 Å². The molecular formula is C15H18N4O2. The first-order chi connectivity index (χ1) is 10.1. The quantitative estimate of drug-likeness (QED) is 0.907. The third kappa shape index (κ3) is 3.53. The normalized spacial score (nSPS) is 10.2. The Bertz CT molecular complexity index is 643. The fourth-order valence-electron chi connectivity index (χ4n) is 1.85. The fourth-order valence-corrected chi connectivity index (χ4v) is 1.85. The molecule has 2 rings (SSSR count). The molecule has 2 aromatic rings. The molecule has 0 spiro atoms. The van der Waals surface area contributed by atoms with Crippen molar-refractivity contribution < 1.29 is 9.53 Å². The van der Waals surface area contributed by atoms with Crippen molar-refractivity contribution >= 4 is 5.91 Å². The second kappa shape index (κ2) is 6.78. The molecule has 0 radical (unpaired) electrons. The number of aromatic nitrogens is 3. The van der Waals surface area contributed by atoms with Crippen molar-refractivity contribution in [3.05, 3.63) is 47.2 Å². The summed E-state index contributed by atoms with van der Waals surface area (Å²) in [6.45, 7) is 6.44. The first-order valence-electron chi connectivity index (χ1n) is 6.76. The number of carbonyl (C=O) groups is 1. The molecule has 0 aliphatic rings. The molecule has 2 aromatic heterocycles. The lowest BCUT2D eigenvalue weighted by Crippen LogP contribution is -2.25. The minimum absolute atomic E-state index is 0.232. The maximum Gasteiger partial charge on any atom is 0.270 e. The number of hydrogen-bond donors (Lipinski definition) is 1. The van der Waals surface area contributed by atoms with Gasteiger partial charge in [0.2, 0.25) is 5.88 Å². The van der Waals surface area contributed by atoms with Gasteiger partial charge in [-0.05, 0) is 26.8 Å². The Morgan fingerprint density at radius 1 is 1.29 bits per heavy atom. The predicted octanol–water partition coefficient (Wildman–Crippen LogP) is 1.82. The molecule has 110 valence electrons. The average molecular weight is 286 g/mol. The predicted molar refractivity (Wildman–Crippen MR) is 78.1 cm³/mol. The van der Waals surface area contributed by atoms with Gasteiger partial charge in [0, 0.05) is 29.6 Å². The van der Waals surface area contributed by atoms with E-state index < -0.39 is 0 Å². The summed E-state index contributed by atoms with van der Waals surface area (Å²) in [5.74, 6) is 0.306. The van der Waals surface area contributed by atoms with E-state index in [9.17, 15) is 4.79 Å². The number of nitrogens with one attached hydrogen (secondary N) is 1. The van der Waals surface area contributed by atoms with Crippen LogP contribution >= 0.6 is 0 Å². The summed E-state index contributed by atoms with van der Waals surface area (Å²) in [6.07, 6.45) is 3.06. The number of ether oxygens (including phenoxy) is 1. The van der Waals surface area contributed by atoms with Gasteiger partial charge in [-0.15, -0.1) is 0 Å². The molecule has 1 amide bonds. The second-order valence-electron chi connectivity index (χ2n) is 4.52. The van der Waals surface area contributed by atoms with E-state index in [0.717, 1.165) is 16.8 Å². The van der Waals surface area contributed by atoms with E-state index in [-0.39, 0.29) is 5.91 Å². The summed E-state index contributed by atoms with van der Waals surface area (Å²) in [5, 5.41) is 2.83. The Morgan fingerprint density at radius 2 is 2.10 bits per heavy atom. The van der Waals surface area contributed by atoms with Crippen LogP contribution in [0.1, 0.15) is 34.2 Å². The molecule has 0 aromatic carbocycles. The number of pyridine rings is 1. The van der Waals surface area contributed by atoms with Gasteiger partial charge in [0.25, 0.3) is 5.91 Å². The second-order valence-corrected chi connectivity index (χ2v) is 4.52. The molecule has 0 atom stereocenters. The van der Waals surface area contributed by atoms with Crippen molar-refractivity contribution in [1.29, 1.82) is 0 Å². The molecule has 6 heteroatoms. The minimum atomic E-state index is -0.232. The largest absolute Gasteiger partial charge is 0.478 e. The van der Waals surface area contributed by atoms with Gasteiger partial charge in [0.15, 0.2) is 0 Å². The Hall–Kier alpha value is -2.50. The van der Waals surface area contributed by atoms with Crippen molar-refractivity contribution in [2.45, 2.75) is 27.3 Å². The lowest BCUT2D eigenvalue weighted by molar-refractivity contribution is 0.0944. The lowest BCUT2D eigenvalue weighted by atomic mass is 10.2. The molecular weight excluding hydrogens is 268 g/mol. The van der Waals surface area contributed by atoms with Gasteiger partial charge in [0.1, 0.15) is 12.0 Å². The van der Waals surface area contributed by atoms with E-state index in [1.165, 1.54) is 6.33 Å². The zero-order valence-electron chi connectivity index (χ0n) is 12.4. The van der Waals surface area contributed by atoms with Gasteiger partial charge < -0.3 is 10.1 Å². The molecule has 0 unspecified atom stereocenters. The standard InChI is InChI=1S/C15H18N4O2/c1-4-21-15-12(6-5-7-16-15)8-17-14(20)13-10(2)11(3)18-9-19-13/h5-7,9H,4,8H2,1-3H3,(H,17,20). The van der Waals surface area contributed by atoms with Crippen LogP contribution in [0.4, 0.5) is 0 Å². The fraction of sp³-hybridized carbons (Fsp3) is 0.333. The van der Waals surface area contributed by atoms with Crippen LogP contribution in [0.2, 0.25) is 0 Å². The zero-order valence-corrected chi connectivity index (χ0v) is 12.4. The van der Waals surface area contributed by atoms with Crippen molar-refractivity contribution in [1.82, 2.24) is 20.3 Å². The number of carbonyl (C=O) groups excluding carboxylic acids is 1. The van der Waals surface area contributed by atoms with Gasteiger partial charge in [-0.2, -0.15) is 0 Å². The molecule has 0 fully saturated rings.